The molecule has 1 aromatic carbocycles. The van der Waals surface area contributed by atoms with Crippen LogP contribution in [0.15, 0.2) is 46.1 Å². The molecular formula is C18H21FN2O5. The molecule has 1 aliphatic rings. The Labute approximate surface area is 149 Å². The molecule has 0 aliphatic carbocycles. The van der Waals surface area contributed by atoms with E-state index in [-0.39, 0.29) is 6.54 Å². The van der Waals surface area contributed by atoms with Crippen molar-refractivity contribution in [2.45, 2.75) is 44.5 Å². The van der Waals surface area contributed by atoms with Crippen molar-refractivity contribution in [2.75, 3.05) is 7.11 Å². The maximum atomic E-state index is 14.4. The molecule has 1 N–H and O–H groups in total. The molecule has 140 valence electrons. The Morgan fingerprint density at radius 1 is 1.23 bits per heavy atom. The molecule has 0 unspecified atom stereocenters. The zero-order chi connectivity index (χ0) is 18.8. The smallest absolute Gasteiger partial charge is 0.333 e. The van der Waals surface area contributed by atoms with Gasteiger partial charge in [-0.1, -0.05) is 19.1 Å². The molecule has 3 rings (SSSR count). The molecule has 1 aromatic heterocycles. The zero-order valence-electron chi connectivity index (χ0n) is 14.5. The Balaban J connectivity index is 1.94. The van der Waals surface area contributed by atoms with E-state index in [0.29, 0.717) is 12.2 Å². The number of methoxy groups -OCH3 is 1. The number of alkyl halides is 1. The molecule has 2 heterocycles. The minimum atomic E-state index is -1.75. The van der Waals surface area contributed by atoms with Gasteiger partial charge in [-0.25, -0.2) is 9.18 Å². The number of hydrogen-bond acceptors (Lipinski definition) is 5. The van der Waals surface area contributed by atoms with Gasteiger partial charge in [0.2, 0.25) is 0 Å². The van der Waals surface area contributed by atoms with Crippen LogP contribution in [-0.4, -0.2) is 39.7 Å². The monoisotopic (exact) mass is 364 g/mol. The summed E-state index contributed by atoms with van der Waals surface area (Å²) in [5.74, 6) is 0.658. The Kier molecular flexibility index (Phi) is 5.24. The second kappa shape index (κ2) is 7.43. The van der Waals surface area contributed by atoms with Gasteiger partial charge in [0.25, 0.3) is 5.56 Å². The van der Waals surface area contributed by atoms with Crippen molar-refractivity contribution in [2.24, 2.45) is 0 Å². The van der Waals surface area contributed by atoms with Gasteiger partial charge in [-0.3, -0.25) is 13.9 Å². The number of rotatable bonds is 5. The third-order valence-electron chi connectivity index (χ3n) is 4.57. The summed E-state index contributed by atoms with van der Waals surface area (Å²) in [5, 5.41) is 9.89. The first-order valence-electron chi connectivity index (χ1n) is 8.38. The van der Waals surface area contributed by atoms with Crippen molar-refractivity contribution in [3.8, 4) is 5.75 Å². The van der Waals surface area contributed by atoms with Crippen molar-refractivity contribution in [3.05, 3.63) is 62.9 Å². The highest BCUT2D eigenvalue weighted by molar-refractivity contribution is 5.27. The number of aromatic nitrogens is 2. The number of aliphatic hydroxyl groups is 1. The second-order valence-corrected chi connectivity index (χ2v) is 6.19. The summed E-state index contributed by atoms with van der Waals surface area (Å²) < 4.78 is 27.0. The van der Waals surface area contributed by atoms with E-state index in [1.54, 1.807) is 38.3 Å². The maximum Gasteiger partial charge on any atom is 0.333 e. The molecule has 0 saturated carbocycles. The lowest BCUT2D eigenvalue weighted by Gasteiger charge is -2.17. The highest BCUT2D eigenvalue weighted by atomic mass is 19.1. The molecule has 1 saturated heterocycles. The SMILES string of the molecule is CC[C@H]1O[C@@H](n2ccc(=O)n(Cc3ccc(OC)cc3)c2=O)[C@H](F)[C@@H]1O. The average Bonchev–Trinajstić information content (AvgIpc) is 2.94. The summed E-state index contributed by atoms with van der Waals surface area (Å²) in [7, 11) is 1.54. The summed E-state index contributed by atoms with van der Waals surface area (Å²) in [5.41, 5.74) is -0.466. The molecule has 0 bridgehead atoms. The minimum absolute atomic E-state index is 0.0337. The topological polar surface area (TPSA) is 82.7 Å². The number of ether oxygens (including phenoxy) is 2. The molecule has 4 atom stereocenters. The number of aliphatic hydroxyl groups excluding tert-OH is 1. The molecule has 1 aliphatic heterocycles. The summed E-state index contributed by atoms with van der Waals surface area (Å²) in [4.78, 5) is 24.9. The van der Waals surface area contributed by atoms with E-state index in [1.165, 1.54) is 12.3 Å². The number of benzene rings is 1. The highest BCUT2D eigenvalue weighted by Gasteiger charge is 2.44. The van der Waals surface area contributed by atoms with Crippen LogP contribution in [0.1, 0.15) is 25.1 Å². The third kappa shape index (κ3) is 3.30. The van der Waals surface area contributed by atoms with Crippen LogP contribution in [-0.2, 0) is 11.3 Å². The number of halogens is 1. The van der Waals surface area contributed by atoms with E-state index in [1.807, 2.05) is 0 Å². The van der Waals surface area contributed by atoms with Crippen LogP contribution >= 0.6 is 0 Å². The van der Waals surface area contributed by atoms with Crippen molar-refractivity contribution in [3.63, 3.8) is 0 Å². The Hall–Kier alpha value is -2.45. The van der Waals surface area contributed by atoms with Gasteiger partial charge in [-0.2, -0.15) is 0 Å². The van der Waals surface area contributed by atoms with Crippen molar-refractivity contribution >= 4 is 0 Å². The van der Waals surface area contributed by atoms with E-state index in [9.17, 15) is 19.1 Å². The van der Waals surface area contributed by atoms with Crippen LogP contribution < -0.4 is 16.0 Å². The normalized spacial score (nSPS) is 25.4. The van der Waals surface area contributed by atoms with Gasteiger partial charge >= 0.3 is 5.69 Å². The standard InChI is InChI=1S/C18H21FN2O5/c1-3-13-16(23)15(19)17(26-13)20-9-8-14(22)21(18(20)24)10-11-4-6-12(25-2)7-5-11/h4-9,13,15-17,23H,3,10H2,1-2H3/t13-,15-,16-,17-/m1/s1. The fourth-order valence-corrected chi connectivity index (χ4v) is 3.05. The molecule has 1 fully saturated rings. The highest BCUT2D eigenvalue weighted by Crippen LogP contribution is 2.32. The Morgan fingerprint density at radius 2 is 1.92 bits per heavy atom. The molecular weight excluding hydrogens is 343 g/mol. The maximum absolute atomic E-state index is 14.4. The first-order valence-corrected chi connectivity index (χ1v) is 8.38. The van der Waals surface area contributed by atoms with E-state index >= 15 is 0 Å². The lowest BCUT2D eigenvalue weighted by atomic mass is 10.1. The van der Waals surface area contributed by atoms with E-state index in [2.05, 4.69) is 0 Å². The van der Waals surface area contributed by atoms with Crippen LogP contribution in [0.3, 0.4) is 0 Å². The molecule has 0 amide bonds. The predicted octanol–water partition coefficient (Wildman–Crippen LogP) is 1.07. The molecule has 0 radical (unpaired) electrons. The van der Waals surface area contributed by atoms with Gasteiger partial charge in [0.1, 0.15) is 11.9 Å². The molecule has 8 heteroatoms. The fraction of sp³-hybridized carbons (Fsp3) is 0.444. The third-order valence-corrected chi connectivity index (χ3v) is 4.57. The lowest BCUT2D eigenvalue weighted by molar-refractivity contribution is -0.0286. The minimum Gasteiger partial charge on any atom is -0.497 e. The Bertz CT molecular complexity index is 876. The van der Waals surface area contributed by atoms with Crippen LogP contribution in [0, 0.1) is 0 Å². The van der Waals surface area contributed by atoms with Crippen molar-refractivity contribution < 1.29 is 19.0 Å². The average molecular weight is 364 g/mol. The zero-order valence-corrected chi connectivity index (χ0v) is 14.5. The molecule has 0 spiro atoms. The second-order valence-electron chi connectivity index (χ2n) is 6.19. The largest absolute Gasteiger partial charge is 0.497 e. The quantitative estimate of drug-likeness (QED) is 0.858. The molecule has 7 nitrogen and oxygen atoms in total. The molecule has 26 heavy (non-hydrogen) atoms. The molecule has 2 aromatic rings. The number of hydrogen-bond donors (Lipinski definition) is 1. The van der Waals surface area contributed by atoms with Crippen LogP contribution in [0.5, 0.6) is 5.75 Å². The van der Waals surface area contributed by atoms with Gasteiger partial charge in [-0.15, -0.1) is 0 Å². The van der Waals surface area contributed by atoms with Gasteiger partial charge < -0.3 is 14.6 Å². The van der Waals surface area contributed by atoms with Gasteiger partial charge in [0, 0.05) is 12.3 Å². The van der Waals surface area contributed by atoms with E-state index in [4.69, 9.17) is 9.47 Å². The summed E-state index contributed by atoms with van der Waals surface area (Å²) in [6.07, 6.45) is -3.38. The summed E-state index contributed by atoms with van der Waals surface area (Å²) >= 11 is 0. The fourth-order valence-electron chi connectivity index (χ4n) is 3.05. The van der Waals surface area contributed by atoms with Crippen LogP contribution in [0.2, 0.25) is 0 Å². The van der Waals surface area contributed by atoms with Crippen LogP contribution in [0.4, 0.5) is 4.39 Å². The van der Waals surface area contributed by atoms with Crippen molar-refractivity contribution in [1.82, 2.24) is 9.13 Å². The Morgan fingerprint density at radius 3 is 2.50 bits per heavy atom. The lowest BCUT2D eigenvalue weighted by Crippen LogP contribution is -2.42. The number of nitrogens with zero attached hydrogens (tertiary/aromatic N) is 2. The van der Waals surface area contributed by atoms with Gasteiger partial charge in [0.05, 0.1) is 19.8 Å². The van der Waals surface area contributed by atoms with Gasteiger partial charge in [0.15, 0.2) is 12.4 Å². The van der Waals surface area contributed by atoms with Crippen molar-refractivity contribution in [1.29, 1.82) is 0 Å². The first kappa shape index (κ1) is 18.3. The van der Waals surface area contributed by atoms with E-state index in [0.717, 1.165) is 14.7 Å². The van der Waals surface area contributed by atoms with E-state index < -0.39 is 35.9 Å². The van der Waals surface area contributed by atoms with Crippen LogP contribution in [0.25, 0.3) is 0 Å². The first-order chi connectivity index (χ1) is 12.5. The summed E-state index contributed by atoms with van der Waals surface area (Å²) in [6, 6.07) is 8.11. The summed E-state index contributed by atoms with van der Waals surface area (Å²) in [6.45, 7) is 1.79. The van der Waals surface area contributed by atoms with Gasteiger partial charge in [-0.05, 0) is 24.1 Å². The predicted molar refractivity (Wildman–Crippen MR) is 92.2 cm³/mol.